The highest BCUT2D eigenvalue weighted by atomic mass is 16.6. The van der Waals surface area contributed by atoms with E-state index in [0.717, 1.165) is 24.3 Å². The largest absolute Gasteiger partial charge is 0.480 e. The molecule has 2 aromatic rings. The third-order valence-electron chi connectivity index (χ3n) is 4.53. The number of pyridine rings is 1. The number of hydrogen-bond acceptors (Lipinski definition) is 5. The fourth-order valence-electron chi connectivity index (χ4n) is 3.54. The number of aromatic nitrogens is 2. The molecule has 0 aliphatic carbocycles. The Kier molecular flexibility index (Phi) is 4.73. The number of hydrogen-bond donors (Lipinski definition) is 0. The van der Waals surface area contributed by atoms with Crippen molar-refractivity contribution in [1.82, 2.24) is 14.5 Å². The van der Waals surface area contributed by atoms with E-state index >= 15 is 0 Å². The number of anilines is 1. The number of carbonyl (C=O) groups is 1. The molecule has 7 nitrogen and oxygen atoms in total. The van der Waals surface area contributed by atoms with E-state index in [2.05, 4.69) is 29.9 Å². The van der Waals surface area contributed by atoms with Gasteiger partial charge in [0, 0.05) is 25.4 Å². The molecule has 0 unspecified atom stereocenters. The van der Waals surface area contributed by atoms with Crippen molar-refractivity contribution in [2.24, 2.45) is 0 Å². The highest BCUT2D eigenvalue weighted by Gasteiger charge is 2.36. The molecule has 1 aliphatic heterocycles. The zero-order chi connectivity index (χ0) is 19.1. The summed E-state index contributed by atoms with van der Waals surface area (Å²) in [5.74, 6) is 0.589. The molecule has 0 saturated carbocycles. The lowest BCUT2D eigenvalue weighted by Gasteiger charge is -2.45. The third-order valence-corrected chi connectivity index (χ3v) is 4.53. The van der Waals surface area contributed by atoms with Crippen LogP contribution in [0.25, 0.3) is 5.52 Å². The van der Waals surface area contributed by atoms with Gasteiger partial charge in [0.15, 0.2) is 0 Å². The lowest BCUT2D eigenvalue weighted by atomic mass is 10.1. The summed E-state index contributed by atoms with van der Waals surface area (Å²) in [6, 6.07) is 6.08. The van der Waals surface area contributed by atoms with Crippen LogP contribution in [-0.4, -0.2) is 58.5 Å². The molecule has 0 spiro atoms. The molecule has 1 fully saturated rings. The van der Waals surface area contributed by atoms with Crippen LogP contribution in [0, 0.1) is 0 Å². The van der Waals surface area contributed by atoms with Gasteiger partial charge in [-0.05, 0) is 46.8 Å². The summed E-state index contributed by atoms with van der Waals surface area (Å²) in [5.41, 5.74) is 1.59. The molecule has 3 heterocycles. The Morgan fingerprint density at radius 2 is 1.88 bits per heavy atom. The Balaban J connectivity index is 1.83. The van der Waals surface area contributed by atoms with Gasteiger partial charge in [-0.1, -0.05) is 0 Å². The van der Waals surface area contributed by atoms with Crippen molar-refractivity contribution in [1.29, 1.82) is 0 Å². The number of ether oxygens (including phenoxy) is 2. The maximum absolute atomic E-state index is 12.6. The van der Waals surface area contributed by atoms with E-state index in [4.69, 9.17) is 9.47 Å². The minimum atomic E-state index is -0.493. The van der Waals surface area contributed by atoms with Crippen molar-refractivity contribution >= 4 is 17.3 Å². The molecule has 0 aromatic carbocycles. The second kappa shape index (κ2) is 6.70. The average Bonchev–Trinajstić information content (AvgIpc) is 2.95. The first-order valence-corrected chi connectivity index (χ1v) is 8.98. The lowest BCUT2D eigenvalue weighted by Crippen LogP contribution is -2.59. The van der Waals surface area contributed by atoms with Crippen LogP contribution in [0.4, 0.5) is 10.5 Å². The van der Waals surface area contributed by atoms with Crippen LogP contribution >= 0.6 is 0 Å². The Morgan fingerprint density at radius 3 is 2.46 bits per heavy atom. The molecule has 3 rings (SSSR count). The van der Waals surface area contributed by atoms with Crippen LogP contribution in [0.3, 0.4) is 0 Å². The topological polar surface area (TPSA) is 59.3 Å². The Bertz CT molecular complexity index is 784. The van der Waals surface area contributed by atoms with E-state index in [9.17, 15) is 4.79 Å². The Morgan fingerprint density at radius 1 is 1.23 bits per heavy atom. The standard InChI is InChI=1S/C19H28N4O3/c1-13-11-21(12-14(2)23(13)18(24)26-19(3,4)5)15-8-7-9-22-16(15)10-17(20-22)25-6/h7-10,13-14H,11-12H2,1-6H3/t13-,14-/m0/s1. The van der Waals surface area contributed by atoms with Gasteiger partial charge in [0.1, 0.15) is 5.60 Å². The summed E-state index contributed by atoms with van der Waals surface area (Å²) in [5, 5.41) is 4.39. The van der Waals surface area contributed by atoms with Crippen LogP contribution < -0.4 is 9.64 Å². The van der Waals surface area contributed by atoms with Gasteiger partial charge in [-0.15, -0.1) is 5.10 Å². The second-order valence-electron chi connectivity index (χ2n) is 7.90. The van der Waals surface area contributed by atoms with E-state index in [1.54, 1.807) is 7.11 Å². The number of nitrogens with zero attached hydrogens (tertiary/aromatic N) is 4. The fraction of sp³-hybridized carbons (Fsp3) is 0.579. The molecule has 26 heavy (non-hydrogen) atoms. The zero-order valence-electron chi connectivity index (χ0n) is 16.4. The first kappa shape index (κ1) is 18.4. The monoisotopic (exact) mass is 360 g/mol. The van der Waals surface area contributed by atoms with Crippen molar-refractivity contribution < 1.29 is 14.3 Å². The van der Waals surface area contributed by atoms with Gasteiger partial charge in [-0.25, -0.2) is 9.31 Å². The highest BCUT2D eigenvalue weighted by molar-refractivity contribution is 5.75. The molecule has 1 aliphatic rings. The summed E-state index contributed by atoms with van der Waals surface area (Å²) in [4.78, 5) is 16.7. The van der Waals surface area contributed by atoms with Crippen LogP contribution in [-0.2, 0) is 4.74 Å². The molecule has 0 radical (unpaired) electrons. The predicted octanol–water partition coefficient (Wildman–Crippen LogP) is 3.18. The maximum Gasteiger partial charge on any atom is 0.410 e. The maximum atomic E-state index is 12.6. The van der Waals surface area contributed by atoms with Gasteiger partial charge in [-0.3, -0.25) is 4.90 Å². The van der Waals surface area contributed by atoms with E-state index in [-0.39, 0.29) is 18.2 Å². The molecule has 142 valence electrons. The zero-order valence-corrected chi connectivity index (χ0v) is 16.4. The average molecular weight is 360 g/mol. The number of fused-ring (bicyclic) bond motifs is 1. The van der Waals surface area contributed by atoms with E-state index in [1.807, 2.05) is 48.5 Å². The number of piperazine rings is 1. The Labute approximate surface area is 154 Å². The summed E-state index contributed by atoms with van der Waals surface area (Å²) in [6.07, 6.45) is 1.66. The smallest absolute Gasteiger partial charge is 0.410 e. The summed E-state index contributed by atoms with van der Waals surface area (Å²) in [7, 11) is 1.62. The first-order chi connectivity index (χ1) is 12.2. The number of rotatable bonds is 2. The molecule has 2 atom stereocenters. The highest BCUT2D eigenvalue weighted by Crippen LogP contribution is 2.29. The quantitative estimate of drug-likeness (QED) is 0.823. The first-order valence-electron chi connectivity index (χ1n) is 8.98. The molecular weight excluding hydrogens is 332 g/mol. The molecule has 0 bridgehead atoms. The van der Waals surface area contributed by atoms with Crippen LogP contribution in [0.15, 0.2) is 24.4 Å². The molecule has 7 heteroatoms. The summed E-state index contributed by atoms with van der Waals surface area (Å²) >= 11 is 0. The van der Waals surface area contributed by atoms with Crippen LogP contribution in [0.5, 0.6) is 5.88 Å². The Hall–Kier alpha value is -2.44. The predicted molar refractivity (Wildman–Crippen MR) is 101 cm³/mol. The normalized spacial score (nSPS) is 21.2. The molecular formula is C19H28N4O3. The minimum Gasteiger partial charge on any atom is -0.480 e. The van der Waals surface area contributed by atoms with Gasteiger partial charge in [0.25, 0.3) is 0 Å². The van der Waals surface area contributed by atoms with Gasteiger partial charge >= 0.3 is 6.09 Å². The minimum absolute atomic E-state index is 0.0404. The van der Waals surface area contributed by atoms with E-state index in [1.165, 1.54) is 0 Å². The van der Waals surface area contributed by atoms with Gasteiger partial charge in [0.05, 0.1) is 30.4 Å². The molecule has 0 N–H and O–H groups in total. The van der Waals surface area contributed by atoms with Crippen molar-refractivity contribution in [3.8, 4) is 5.88 Å². The van der Waals surface area contributed by atoms with Crippen molar-refractivity contribution in [2.45, 2.75) is 52.3 Å². The van der Waals surface area contributed by atoms with Crippen molar-refractivity contribution in [3.63, 3.8) is 0 Å². The number of methoxy groups -OCH3 is 1. The van der Waals surface area contributed by atoms with Gasteiger partial charge in [-0.2, -0.15) is 0 Å². The molecule has 1 saturated heterocycles. The van der Waals surface area contributed by atoms with Gasteiger partial charge < -0.3 is 14.4 Å². The summed E-state index contributed by atoms with van der Waals surface area (Å²) in [6.45, 7) is 11.3. The van der Waals surface area contributed by atoms with Crippen LogP contribution in [0.2, 0.25) is 0 Å². The van der Waals surface area contributed by atoms with E-state index in [0.29, 0.717) is 5.88 Å². The fourth-order valence-corrected chi connectivity index (χ4v) is 3.54. The SMILES string of the molecule is COc1cc2c(N3C[C@H](C)N(C(=O)OC(C)(C)C)[C@@H](C)C3)cccn2n1. The van der Waals surface area contributed by atoms with Gasteiger partial charge in [0.2, 0.25) is 5.88 Å². The number of carbonyl (C=O) groups excluding carboxylic acids is 1. The third kappa shape index (κ3) is 3.57. The van der Waals surface area contributed by atoms with Crippen LogP contribution in [0.1, 0.15) is 34.6 Å². The molecule has 1 amide bonds. The van der Waals surface area contributed by atoms with Crippen molar-refractivity contribution in [2.75, 3.05) is 25.1 Å². The lowest BCUT2D eigenvalue weighted by molar-refractivity contribution is 0.00568. The van der Waals surface area contributed by atoms with Crippen molar-refractivity contribution in [3.05, 3.63) is 24.4 Å². The molecule has 2 aromatic heterocycles. The summed E-state index contributed by atoms with van der Waals surface area (Å²) < 4.78 is 12.7. The second-order valence-corrected chi connectivity index (χ2v) is 7.90. The van der Waals surface area contributed by atoms with E-state index < -0.39 is 5.60 Å². The number of amides is 1.